The zero-order chi connectivity index (χ0) is 23.3. The van der Waals surface area contributed by atoms with Gasteiger partial charge in [0.1, 0.15) is 22.9 Å². The van der Waals surface area contributed by atoms with Gasteiger partial charge in [-0.1, -0.05) is 55.3 Å². The van der Waals surface area contributed by atoms with E-state index in [0.717, 1.165) is 11.8 Å². The molecule has 6 nitrogen and oxygen atoms in total. The van der Waals surface area contributed by atoms with E-state index in [2.05, 4.69) is 5.32 Å². The molecular weight excluding hydrogens is 425 g/mol. The van der Waals surface area contributed by atoms with Gasteiger partial charge in [0.15, 0.2) is 0 Å². The number of rotatable bonds is 9. The Morgan fingerprint density at radius 1 is 0.939 bits per heavy atom. The van der Waals surface area contributed by atoms with Crippen LogP contribution in [0.5, 0.6) is 11.5 Å². The Hall–Kier alpha value is -3.61. The van der Waals surface area contributed by atoms with E-state index in [1.807, 2.05) is 30.3 Å². The summed E-state index contributed by atoms with van der Waals surface area (Å²) >= 11 is 0. The zero-order valence-corrected chi connectivity index (χ0v) is 18.2. The lowest BCUT2D eigenvalue weighted by Gasteiger charge is -2.26. The van der Waals surface area contributed by atoms with Crippen molar-refractivity contribution in [3.63, 3.8) is 0 Å². The van der Waals surface area contributed by atoms with Gasteiger partial charge in [-0.25, -0.2) is 9.18 Å². The molecule has 7 heteroatoms. The SMILES string of the molecule is O=C(NC1(C(=O)O)CCCC1)c1cc(F)c2ccccc2c1OCCCOc1ccccc1. The molecule has 2 N–H and O–H groups in total. The lowest BCUT2D eigenvalue weighted by Crippen LogP contribution is -2.52. The number of hydrogen-bond donors (Lipinski definition) is 2. The number of aliphatic carboxylic acids is 1. The van der Waals surface area contributed by atoms with Crippen LogP contribution in [-0.4, -0.2) is 35.7 Å². The van der Waals surface area contributed by atoms with Crippen LogP contribution in [0.15, 0.2) is 60.7 Å². The number of carboxylic acids is 1. The van der Waals surface area contributed by atoms with Crippen molar-refractivity contribution in [3.8, 4) is 11.5 Å². The first kappa shape index (κ1) is 22.6. The topological polar surface area (TPSA) is 84.9 Å². The number of carbonyl (C=O) groups excluding carboxylic acids is 1. The number of para-hydroxylation sites is 1. The monoisotopic (exact) mass is 451 g/mol. The molecule has 1 aliphatic rings. The summed E-state index contributed by atoms with van der Waals surface area (Å²) in [5.41, 5.74) is -1.34. The third kappa shape index (κ3) is 4.92. The van der Waals surface area contributed by atoms with Crippen LogP contribution in [0, 0.1) is 5.82 Å². The van der Waals surface area contributed by atoms with Crippen molar-refractivity contribution < 1.29 is 28.6 Å². The average molecular weight is 451 g/mol. The minimum absolute atomic E-state index is 0.0114. The van der Waals surface area contributed by atoms with E-state index < -0.39 is 23.2 Å². The number of ether oxygens (including phenoxy) is 2. The van der Waals surface area contributed by atoms with Crippen LogP contribution in [-0.2, 0) is 4.79 Å². The van der Waals surface area contributed by atoms with Crippen molar-refractivity contribution >= 4 is 22.6 Å². The van der Waals surface area contributed by atoms with Gasteiger partial charge in [0.2, 0.25) is 0 Å². The van der Waals surface area contributed by atoms with Crippen molar-refractivity contribution in [2.24, 2.45) is 0 Å². The van der Waals surface area contributed by atoms with Gasteiger partial charge in [0, 0.05) is 17.2 Å². The van der Waals surface area contributed by atoms with E-state index in [4.69, 9.17) is 9.47 Å². The molecule has 33 heavy (non-hydrogen) atoms. The summed E-state index contributed by atoms with van der Waals surface area (Å²) < 4.78 is 26.5. The predicted molar refractivity (Wildman–Crippen MR) is 122 cm³/mol. The molecule has 1 fully saturated rings. The quantitative estimate of drug-likeness (QED) is 0.450. The van der Waals surface area contributed by atoms with Gasteiger partial charge in [-0.2, -0.15) is 0 Å². The third-order valence-electron chi connectivity index (χ3n) is 5.96. The third-order valence-corrected chi connectivity index (χ3v) is 5.96. The second kappa shape index (κ2) is 9.90. The second-order valence-electron chi connectivity index (χ2n) is 8.19. The highest BCUT2D eigenvalue weighted by molar-refractivity contribution is 6.05. The molecule has 0 saturated heterocycles. The molecular formula is C26H26FNO5. The van der Waals surface area contributed by atoms with Crippen LogP contribution in [0.4, 0.5) is 4.39 Å². The first-order valence-electron chi connectivity index (χ1n) is 11.1. The van der Waals surface area contributed by atoms with Crippen molar-refractivity contribution in [1.82, 2.24) is 5.32 Å². The molecule has 3 aromatic carbocycles. The largest absolute Gasteiger partial charge is 0.493 e. The molecule has 0 unspecified atom stereocenters. The fourth-order valence-electron chi connectivity index (χ4n) is 4.22. The first-order valence-corrected chi connectivity index (χ1v) is 11.1. The normalized spacial score (nSPS) is 14.7. The fraction of sp³-hybridized carbons (Fsp3) is 0.308. The van der Waals surface area contributed by atoms with E-state index in [-0.39, 0.29) is 17.9 Å². The summed E-state index contributed by atoms with van der Waals surface area (Å²) in [5.74, 6) is -1.30. The Morgan fingerprint density at radius 2 is 1.58 bits per heavy atom. The van der Waals surface area contributed by atoms with Crippen LogP contribution in [0.1, 0.15) is 42.5 Å². The van der Waals surface area contributed by atoms with Gasteiger partial charge in [0.25, 0.3) is 5.91 Å². The lowest BCUT2D eigenvalue weighted by atomic mass is 9.96. The predicted octanol–water partition coefficient (Wildman–Crippen LogP) is 4.95. The van der Waals surface area contributed by atoms with Gasteiger partial charge in [-0.15, -0.1) is 0 Å². The van der Waals surface area contributed by atoms with Crippen LogP contribution in [0.2, 0.25) is 0 Å². The van der Waals surface area contributed by atoms with Crippen LogP contribution < -0.4 is 14.8 Å². The summed E-state index contributed by atoms with van der Waals surface area (Å²) in [6, 6.07) is 17.3. The number of halogens is 1. The maximum atomic E-state index is 14.8. The molecule has 0 radical (unpaired) electrons. The van der Waals surface area contributed by atoms with Gasteiger partial charge < -0.3 is 19.9 Å². The number of carboxylic acid groups (broad SMARTS) is 1. The maximum absolute atomic E-state index is 14.8. The molecule has 0 heterocycles. The Bertz CT molecular complexity index is 1140. The van der Waals surface area contributed by atoms with Crippen molar-refractivity contribution in [2.75, 3.05) is 13.2 Å². The molecule has 3 aromatic rings. The molecule has 0 aromatic heterocycles. The highest BCUT2D eigenvalue weighted by Gasteiger charge is 2.43. The Labute approximate surface area is 191 Å². The summed E-state index contributed by atoms with van der Waals surface area (Å²) in [5, 5.41) is 13.2. The van der Waals surface area contributed by atoms with E-state index in [1.54, 1.807) is 24.3 Å². The number of hydrogen-bond acceptors (Lipinski definition) is 4. The van der Waals surface area contributed by atoms with Gasteiger partial charge >= 0.3 is 5.97 Å². The molecule has 4 rings (SSSR count). The van der Waals surface area contributed by atoms with E-state index >= 15 is 0 Å². The smallest absolute Gasteiger partial charge is 0.329 e. The Balaban J connectivity index is 1.55. The highest BCUT2D eigenvalue weighted by atomic mass is 19.1. The van der Waals surface area contributed by atoms with Gasteiger partial charge in [-0.3, -0.25) is 4.79 Å². The first-order chi connectivity index (χ1) is 16.0. The summed E-state index contributed by atoms with van der Waals surface area (Å²) in [7, 11) is 0. The Kier molecular flexibility index (Phi) is 6.77. The van der Waals surface area contributed by atoms with Crippen molar-refractivity contribution in [1.29, 1.82) is 0 Å². The molecule has 1 aliphatic carbocycles. The average Bonchev–Trinajstić information content (AvgIpc) is 3.30. The molecule has 0 atom stereocenters. The van der Waals surface area contributed by atoms with Crippen molar-refractivity contribution in [3.05, 3.63) is 72.0 Å². The van der Waals surface area contributed by atoms with E-state index in [1.165, 1.54) is 0 Å². The van der Waals surface area contributed by atoms with Gasteiger partial charge in [0.05, 0.1) is 18.8 Å². The summed E-state index contributed by atoms with van der Waals surface area (Å²) in [6.07, 6.45) is 2.65. The number of nitrogens with one attached hydrogen (secondary N) is 1. The molecule has 172 valence electrons. The number of fused-ring (bicyclic) bond motifs is 1. The van der Waals surface area contributed by atoms with Crippen LogP contribution >= 0.6 is 0 Å². The summed E-state index contributed by atoms with van der Waals surface area (Å²) in [4.78, 5) is 25.0. The second-order valence-corrected chi connectivity index (χ2v) is 8.19. The highest BCUT2D eigenvalue weighted by Crippen LogP contribution is 2.35. The summed E-state index contributed by atoms with van der Waals surface area (Å²) in [6.45, 7) is 0.652. The standard InChI is InChI=1S/C26H26FNO5/c27-22-17-21(24(29)28-26(25(30)31)13-6-7-14-26)23(20-12-5-4-11-19(20)22)33-16-8-15-32-18-9-2-1-3-10-18/h1-5,9-12,17H,6-8,13-16H2,(H,28,29)(H,30,31). The lowest BCUT2D eigenvalue weighted by molar-refractivity contribution is -0.144. The number of amides is 1. The molecule has 0 bridgehead atoms. The minimum atomic E-state index is -1.33. The number of benzene rings is 3. The molecule has 1 amide bonds. The van der Waals surface area contributed by atoms with Crippen LogP contribution in [0.3, 0.4) is 0 Å². The number of carbonyl (C=O) groups is 2. The fourth-order valence-corrected chi connectivity index (χ4v) is 4.22. The van der Waals surface area contributed by atoms with E-state index in [9.17, 15) is 19.1 Å². The van der Waals surface area contributed by atoms with Gasteiger partial charge in [-0.05, 0) is 31.0 Å². The van der Waals surface area contributed by atoms with E-state index in [0.29, 0.717) is 49.5 Å². The molecule has 1 saturated carbocycles. The molecule has 0 spiro atoms. The molecule has 0 aliphatic heterocycles. The maximum Gasteiger partial charge on any atom is 0.329 e. The Morgan fingerprint density at radius 3 is 2.27 bits per heavy atom. The van der Waals surface area contributed by atoms with Crippen LogP contribution in [0.25, 0.3) is 10.8 Å². The minimum Gasteiger partial charge on any atom is -0.493 e. The van der Waals surface area contributed by atoms with Crippen molar-refractivity contribution in [2.45, 2.75) is 37.6 Å². The zero-order valence-electron chi connectivity index (χ0n) is 18.2.